The highest BCUT2D eigenvalue weighted by atomic mass is 16.5. The van der Waals surface area contributed by atoms with E-state index in [4.69, 9.17) is 11.6 Å². The van der Waals surface area contributed by atoms with Crippen LogP contribution in [0.1, 0.15) is 147 Å². The molecule has 1 unspecified atom stereocenters. The third kappa shape index (κ3) is 5.59. The molecule has 0 radical (unpaired) electrons. The second kappa shape index (κ2) is 13.9. The van der Waals surface area contributed by atoms with Gasteiger partial charge in [-0.25, -0.2) is 0 Å². The normalized spacial score (nSPS) is 18.2. The van der Waals surface area contributed by atoms with Crippen LogP contribution in [0.5, 0.6) is 5.75 Å². The van der Waals surface area contributed by atoms with Crippen LogP contribution in [0.3, 0.4) is 0 Å². The summed E-state index contributed by atoms with van der Waals surface area (Å²) in [7, 11) is 0. The van der Waals surface area contributed by atoms with E-state index >= 15 is 0 Å². The number of hydrogen-bond acceptors (Lipinski definition) is 1. The first-order valence-electron chi connectivity index (χ1n) is 27.2. The molecule has 63 heavy (non-hydrogen) atoms. The molecule has 8 aromatic rings. The lowest BCUT2D eigenvalue weighted by molar-refractivity contribution is -0.997. The molecule has 0 saturated heterocycles. The maximum Gasteiger partial charge on any atom is 0.499 e. The van der Waals surface area contributed by atoms with E-state index in [1.54, 1.807) is 4.57 Å². The molecule has 4 nitrogen and oxygen atoms in total. The predicted octanol–water partition coefficient (Wildman–Crippen LogP) is 14.6. The summed E-state index contributed by atoms with van der Waals surface area (Å²) in [5.41, 5.74) is 12.0. The van der Waals surface area contributed by atoms with Gasteiger partial charge in [0.2, 0.25) is 5.69 Å². The van der Waals surface area contributed by atoms with Gasteiger partial charge in [0.15, 0.2) is 23.0 Å². The van der Waals surface area contributed by atoms with Crippen LogP contribution in [0.4, 0.5) is 0 Å². The summed E-state index contributed by atoms with van der Waals surface area (Å²) in [4.78, 5) is 0. The zero-order valence-electron chi connectivity index (χ0n) is 48.0. The third-order valence-corrected chi connectivity index (χ3v) is 13.4. The van der Waals surface area contributed by atoms with Crippen LogP contribution in [0.2, 0.25) is 0 Å². The van der Waals surface area contributed by atoms with E-state index in [1.165, 1.54) is 0 Å². The lowest BCUT2D eigenvalue weighted by Crippen LogP contribution is -2.78. The second-order valence-corrected chi connectivity index (χ2v) is 19.6. The molecule has 11 rings (SSSR count). The minimum Gasteiger partial charge on any atom is -0.392 e. The van der Waals surface area contributed by atoms with Crippen molar-refractivity contribution in [2.45, 2.75) is 111 Å². The molecule has 0 bridgehead atoms. The Morgan fingerprint density at radius 2 is 1.35 bits per heavy atom. The Morgan fingerprint density at radius 3 is 2.00 bits per heavy atom. The fourth-order valence-electron chi connectivity index (χ4n) is 10.2. The Hall–Kier alpha value is -6.26. The molecule has 0 amide bonds. The highest BCUT2D eigenvalue weighted by Crippen LogP contribution is 2.56. The van der Waals surface area contributed by atoms with Crippen molar-refractivity contribution in [1.82, 2.24) is 4.57 Å². The van der Waals surface area contributed by atoms with E-state index in [2.05, 4.69) is 118 Å². The number of pyridine rings is 1. The smallest absolute Gasteiger partial charge is 0.392 e. The molecule has 5 heterocycles. The van der Waals surface area contributed by atoms with E-state index in [1.807, 2.05) is 52.0 Å². The van der Waals surface area contributed by atoms with Crippen molar-refractivity contribution in [3.05, 3.63) is 167 Å². The molecule has 314 valence electrons. The molecule has 4 heteroatoms. The van der Waals surface area contributed by atoms with Crippen LogP contribution in [0.25, 0.3) is 72.7 Å². The van der Waals surface area contributed by atoms with Crippen molar-refractivity contribution in [3.63, 3.8) is 0 Å². The van der Waals surface area contributed by atoms with Gasteiger partial charge in [-0.05, 0) is 122 Å². The van der Waals surface area contributed by atoms with E-state index in [9.17, 15) is 6.85 Å². The first-order chi connectivity index (χ1) is 34.1. The number of nitrogens with zero attached hydrogens (tertiary/aromatic N) is 3. The molecule has 1 spiro atoms. The Balaban J connectivity index is 1.32. The number of rotatable bonds is 7. The summed E-state index contributed by atoms with van der Waals surface area (Å²) in [5, 5.41) is 0. The van der Waals surface area contributed by atoms with Gasteiger partial charge in [0.25, 0.3) is 0 Å². The molecule has 0 saturated carbocycles. The average molecular weight is 836 g/mol. The van der Waals surface area contributed by atoms with Gasteiger partial charge in [0, 0.05) is 26.0 Å². The standard InChI is InChI=1S/C59H59N3O/c1-34(2)41-29-47(37(7)8)56-50(30-41)57-61(43-25-23-39(24-26-43)53-44(35(3)4)19-15-20-45(53)36(5)6)51-22-16-21-46-48-32-42(58(9,10)11)33-49-52-31-40(38-17-13-12-14-18-38)27-28-60(52)59(63-56,54(48)49)62(57)55(46)51/h12-37H,1-11H3/q+2/i12D,13D,14D,17D,18D,27D,28D,31D,35D,36D. The summed E-state index contributed by atoms with van der Waals surface area (Å²) in [5.74, 6) is -2.18. The fraction of sp³-hybridized carbons (Fsp3) is 0.288. The van der Waals surface area contributed by atoms with Gasteiger partial charge in [-0.2, -0.15) is 4.57 Å². The van der Waals surface area contributed by atoms with Crippen molar-refractivity contribution < 1.29 is 27.6 Å². The number of fused-ring (bicyclic) bond motifs is 5. The zero-order chi connectivity index (χ0) is 52.7. The summed E-state index contributed by atoms with van der Waals surface area (Å²) in [6, 6.07) is 25.5. The molecular formula is C59H59N3O+2. The Labute approximate surface area is 387 Å². The van der Waals surface area contributed by atoms with Gasteiger partial charge in [-0.1, -0.05) is 149 Å². The average Bonchev–Trinajstić information content (AvgIpc) is 3.84. The largest absolute Gasteiger partial charge is 0.499 e. The lowest BCUT2D eigenvalue weighted by atomic mass is 9.80. The highest BCUT2D eigenvalue weighted by molar-refractivity contribution is 5.98. The summed E-state index contributed by atoms with van der Waals surface area (Å²) in [6.07, 6.45) is -0.354. The minimum absolute atomic E-state index is 0.0306. The molecule has 6 aromatic carbocycles. The van der Waals surface area contributed by atoms with Crippen molar-refractivity contribution in [1.29, 1.82) is 0 Å². The van der Waals surface area contributed by atoms with Crippen LogP contribution in [0, 0.1) is 0 Å². The predicted molar refractivity (Wildman–Crippen MR) is 259 cm³/mol. The first-order valence-corrected chi connectivity index (χ1v) is 22.2. The number of aromatic nitrogens is 3. The van der Waals surface area contributed by atoms with Gasteiger partial charge in [-0.3, -0.25) is 0 Å². The summed E-state index contributed by atoms with van der Waals surface area (Å²) >= 11 is 0. The molecule has 2 aromatic heterocycles. The number of imidazole rings is 1. The number of benzene rings is 6. The Bertz CT molecular complexity index is 3700. The summed E-state index contributed by atoms with van der Waals surface area (Å²) in [6.45, 7) is 22.5. The zero-order valence-corrected chi connectivity index (χ0v) is 38.0. The van der Waals surface area contributed by atoms with Crippen LogP contribution in [-0.2, 0) is 11.3 Å². The number of para-hydroxylation sites is 1. The van der Waals surface area contributed by atoms with Gasteiger partial charge in [-0.15, -0.1) is 9.13 Å². The summed E-state index contributed by atoms with van der Waals surface area (Å²) < 4.78 is 106. The van der Waals surface area contributed by atoms with Crippen LogP contribution < -0.4 is 13.9 Å². The van der Waals surface area contributed by atoms with Gasteiger partial charge < -0.3 is 4.74 Å². The minimum atomic E-state index is -1.74. The Morgan fingerprint density at radius 1 is 0.667 bits per heavy atom. The molecule has 1 atom stereocenters. The van der Waals surface area contributed by atoms with Gasteiger partial charge >= 0.3 is 11.7 Å². The Kier molecular flexibility index (Phi) is 6.59. The maximum atomic E-state index is 10.3. The van der Waals surface area contributed by atoms with Crippen LogP contribution in [0.15, 0.2) is 133 Å². The SMILES string of the molecule is [2H]c1c([2H])c([2H])c(-c2c([2H])c([2H])[n+]3c(c2[2H])-c2cc(C(C)(C)C)cc4c2C32Oc3c(cc(C(C)C)cc3C(C)C)-c3n(-c5ccc(-c6c(C([2H])(C)C)cccc6C([2H])(C)C)cc5)c5cccc-4c5[n+]32)c([2H])c1[2H]. The molecule has 0 N–H and O–H groups in total. The lowest BCUT2D eigenvalue weighted by Gasteiger charge is -2.34. The highest BCUT2D eigenvalue weighted by Gasteiger charge is 2.69. The van der Waals surface area contributed by atoms with Crippen LogP contribution >= 0.6 is 0 Å². The van der Waals surface area contributed by atoms with E-state index < -0.39 is 59.3 Å². The second-order valence-electron chi connectivity index (χ2n) is 19.6. The molecule has 0 aliphatic carbocycles. The quantitative estimate of drug-likeness (QED) is 0.147. The maximum absolute atomic E-state index is 10.3. The van der Waals surface area contributed by atoms with Crippen molar-refractivity contribution in [2.24, 2.45) is 0 Å². The topological polar surface area (TPSA) is 21.9 Å². The fourth-order valence-corrected chi connectivity index (χ4v) is 10.2. The van der Waals surface area contributed by atoms with E-state index in [0.717, 1.165) is 78.2 Å². The number of ether oxygens (including phenoxy) is 1. The van der Waals surface area contributed by atoms with Crippen LogP contribution in [-0.4, -0.2) is 4.57 Å². The molecule has 3 aliphatic rings. The van der Waals surface area contributed by atoms with Crippen molar-refractivity contribution in [2.75, 3.05) is 0 Å². The van der Waals surface area contributed by atoms with Crippen molar-refractivity contribution in [3.8, 4) is 67.5 Å². The van der Waals surface area contributed by atoms with Gasteiger partial charge in [0.05, 0.1) is 15.2 Å². The molecule has 0 fully saturated rings. The molecular weight excluding hydrogens is 767 g/mol. The van der Waals surface area contributed by atoms with Crippen molar-refractivity contribution >= 4 is 11.0 Å². The van der Waals surface area contributed by atoms with Gasteiger partial charge in [0.1, 0.15) is 18.2 Å². The van der Waals surface area contributed by atoms with E-state index in [-0.39, 0.29) is 40.9 Å². The monoisotopic (exact) mass is 836 g/mol. The first kappa shape index (κ1) is 29.9. The van der Waals surface area contributed by atoms with E-state index in [0.29, 0.717) is 16.9 Å². The molecule has 3 aliphatic heterocycles. The number of hydrogen-bond donors (Lipinski definition) is 0. The third-order valence-electron chi connectivity index (χ3n) is 13.4.